The number of pyridine rings is 1. The molecule has 27 heavy (non-hydrogen) atoms. The van der Waals surface area contributed by atoms with Gasteiger partial charge in [-0.15, -0.1) is 0 Å². The maximum Gasteiger partial charge on any atom is 0.259 e. The number of hydrogen-bond acceptors (Lipinski definition) is 6. The molecule has 0 aliphatic rings. The minimum absolute atomic E-state index is 0.109. The Bertz CT molecular complexity index is 1090. The van der Waals surface area contributed by atoms with E-state index in [-0.39, 0.29) is 11.9 Å². The first-order chi connectivity index (χ1) is 13.0. The van der Waals surface area contributed by atoms with E-state index >= 15 is 0 Å². The highest BCUT2D eigenvalue weighted by molar-refractivity contribution is 6.07. The molecule has 4 rings (SSSR count). The molecule has 138 valence electrons. The van der Waals surface area contributed by atoms with Gasteiger partial charge in [0.05, 0.1) is 35.1 Å². The molecular weight excluding hydrogens is 346 g/mol. The smallest absolute Gasteiger partial charge is 0.259 e. The van der Waals surface area contributed by atoms with Gasteiger partial charge >= 0.3 is 0 Å². The van der Waals surface area contributed by atoms with Crippen LogP contribution in [0.15, 0.2) is 41.4 Å². The number of rotatable bonds is 5. The summed E-state index contributed by atoms with van der Waals surface area (Å²) in [6, 6.07) is 3.49. The predicted octanol–water partition coefficient (Wildman–Crippen LogP) is 1.95. The fourth-order valence-corrected chi connectivity index (χ4v) is 3.01. The first-order valence-corrected chi connectivity index (χ1v) is 8.55. The van der Waals surface area contributed by atoms with Crippen LogP contribution in [0.25, 0.3) is 22.4 Å². The summed E-state index contributed by atoms with van der Waals surface area (Å²) in [6.07, 6.45) is 7.10. The maximum atomic E-state index is 13.0. The van der Waals surface area contributed by atoms with Gasteiger partial charge in [0.25, 0.3) is 11.6 Å². The zero-order chi connectivity index (χ0) is 19.0. The highest BCUT2D eigenvalue weighted by Gasteiger charge is 2.21. The van der Waals surface area contributed by atoms with Crippen LogP contribution in [-0.4, -0.2) is 41.7 Å². The van der Waals surface area contributed by atoms with Gasteiger partial charge in [-0.25, -0.2) is 4.98 Å². The summed E-state index contributed by atoms with van der Waals surface area (Å²) in [6.45, 7) is 4.30. The average molecular weight is 365 g/mol. The van der Waals surface area contributed by atoms with Gasteiger partial charge < -0.3 is 9.84 Å². The average Bonchev–Trinajstić information content (AvgIpc) is 3.36. The molecule has 4 aromatic heterocycles. The highest BCUT2D eigenvalue weighted by Crippen LogP contribution is 2.26. The van der Waals surface area contributed by atoms with E-state index in [0.717, 1.165) is 5.56 Å². The van der Waals surface area contributed by atoms with Crippen LogP contribution in [0.1, 0.15) is 23.0 Å². The molecule has 4 heterocycles. The summed E-state index contributed by atoms with van der Waals surface area (Å²) in [5, 5.41) is 15.9. The second-order valence-electron chi connectivity index (χ2n) is 6.51. The van der Waals surface area contributed by atoms with Gasteiger partial charge in [-0.3, -0.25) is 14.2 Å². The number of hydrogen-bond donors (Lipinski definition) is 1. The van der Waals surface area contributed by atoms with E-state index in [1.807, 2.05) is 32.4 Å². The van der Waals surface area contributed by atoms with Crippen LogP contribution in [0, 0.1) is 6.92 Å². The largest absolute Gasteiger partial charge is 0.348 e. The molecule has 0 aromatic carbocycles. The molecule has 0 radical (unpaired) electrons. The zero-order valence-electron chi connectivity index (χ0n) is 15.2. The molecule has 9 heteroatoms. The SMILES string of the molecule is Cc1noc2nc(-c3cnn(C)c3)cc(C(=O)N[C@@H](C)Cn3cccn3)c12. The minimum atomic E-state index is -0.210. The van der Waals surface area contributed by atoms with Crippen LogP contribution in [0.3, 0.4) is 0 Å². The van der Waals surface area contributed by atoms with Gasteiger partial charge in [0.2, 0.25) is 0 Å². The summed E-state index contributed by atoms with van der Waals surface area (Å²) in [5.74, 6) is -0.210. The summed E-state index contributed by atoms with van der Waals surface area (Å²) >= 11 is 0. The van der Waals surface area contributed by atoms with Crippen LogP contribution in [0.4, 0.5) is 0 Å². The van der Waals surface area contributed by atoms with Gasteiger partial charge in [-0.05, 0) is 26.0 Å². The number of amides is 1. The topological polar surface area (TPSA) is 104 Å². The second-order valence-corrected chi connectivity index (χ2v) is 6.51. The van der Waals surface area contributed by atoms with E-state index in [1.165, 1.54) is 0 Å². The van der Waals surface area contributed by atoms with Crippen molar-refractivity contribution in [2.24, 2.45) is 7.05 Å². The third-order valence-electron chi connectivity index (χ3n) is 4.26. The molecular formula is C18H19N7O2. The van der Waals surface area contributed by atoms with Crippen LogP contribution >= 0.6 is 0 Å². The van der Waals surface area contributed by atoms with Crippen molar-refractivity contribution in [2.45, 2.75) is 26.4 Å². The minimum Gasteiger partial charge on any atom is -0.348 e. The Hall–Kier alpha value is -3.49. The number of fused-ring (bicyclic) bond motifs is 1. The first kappa shape index (κ1) is 17.0. The number of aromatic nitrogens is 6. The molecule has 0 unspecified atom stereocenters. The third-order valence-corrected chi connectivity index (χ3v) is 4.26. The van der Waals surface area contributed by atoms with Gasteiger partial charge in [0.15, 0.2) is 0 Å². The summed E-state index contributed by atoms with van der Waals surface area (Å²) < 4.78 is 8.77. The van der Waals surface area contributed by atoms with E-state index in [1.54, 1.807) is 34.7 Å². The van der Waals surface area contributed by atoms with Gasteiger partial charge in [0.1, 0.15) is 0 Å². The standard InChI is InChI=1S/C18H19N7O2/c1-11(9-25-6-4-5-19-25)21-17(26)14-7-15(13-8-20-24(3)10-13)22-18-16(14)12(2)23-27-18/h4-8,10-11H,9H2,1-3H3,(H,21,26)/t11-/m0/s1. The van der Waals surface area contributed by atoms with Crippen molar-refractivity contribution >= 4 is 17.0 Å². The Balaban J connectivity index is 1.68. The molecule has 1 amide bonds. The Labute approximate surface area is 155 Å². The lowest BCUT2D eigenvalue weighted by molar-refractivity contribution is 0.0937. The predicted molar refractivity (Wildman–Crippen MR) is 97.9 cm³/mol. The van der Waals surface area contributed by atoms with E-state index < -0.39 is 0 Å². The lowest BCUT2D eigenvalue weighted by atomic mass is 10.1. The fourth-order valence-electron chi connectivity index (χ4n) is 3.01. The lowest BCUT2D eigenvalue weighted by Crippen LogP contribution is -2.36. The Morgan fingerprint density at radius 1 is 1.37 bits per heavy atom. The van der Waals surface area contributed by atoms with Crippen LogP contribution in [-0.2, 0) is 13.6 Å². The van der Waals surface area contributed by atoms with E-state index in [9.17, 15) is 4.79 Å². The zero-order valence-corrected chi connectivity index (χ0v) is 15.2. The molecule has 0 bridgehead atoms. The molecule has 0 aliphatic carbocycles. The molecule has 0 saturated carbocycles. The third kappa shape index (κ3) is 3.31. The number of nitrogens with one attached hydrogen (secondary N) is 1. The molecule has 9 nitrogen and oxygen atoms in total. The van der Waals surface area contributed by atoms with Crippen molar-refractivity contribution in [3.8, 4) is 11.3 Å². The quantitative estimate of drug-likeness (QED) is 0.580. The number of aryl methyl sites for hydroxylation is 2. The second kappa shape index (κ2) is 6.67. The van der Waals surface area contributed by atoms with E-state index in [0.29, 0.717) is 34.6 Å². The summed E-state index contributed by atoms with van der Waals surface area (Å²) in [5.41, 5.74) is 2.84. The monoisotopic (exact) mass is 365 g/mol. The van der Waals surface area contributed by atoms with Crippen LogP contribution in [0.2, 0.25) is 0 Å². The Kier molecular flexibility index (Phi) is 4.19. The molecule has 0 fully saturated rings. The molecule has 0 saturated heterocycles. The van der Waals surface area contributed by atoms with Crippen molar-refractivity contribution in [3.05, 3.63) is 48.2 Å². The molecule has 1 N–H and O–H groups in total. The normalized spacial score (nSPS) is 12.4. The summed E-state index contributed by atoms with van der Waals surface area (Å²) in [7, 11) is 1.82. The van der Waals surface area contributed by atoms with Crippen LogP contribution < -0.4 is 5.32 Å². The van der Waals surface area contributed by atoms with Gasteiger partial charge in [-0.2, -0.15) is 10.2 Å². The van der Waals surface area contributed by atoms with Crippen molar-refractivity contribution in [1.82, 2.24) is 35.0 Å². The molecule has 4 aromatic rings. The number of carbonyl (C=O) groups excluding carboxylic acids is 1. The maximum absolute atomic E-state index is 13.0. The Morgan fingerprint density at radius 2 is 2.22 bits per heavy atom. The van der Waals surface area contributed by atoms with Crippen molar-refractivity contribution < 1.29 is 9.32 Å². The van der Waals surface area contributed by atoms with Crippen molar-refractivity contribution in [3.63, 3.8) is 0 Å². The van der Waals surface area contributed by atoms with Crippen molar-refractivity contribution in [1.29, 1.82) is 0 Å². The molecule has 0 aliphatic heterocycles. The number of carbonyl (C=O) groups is 1. The first-order valence-electron chi connectivity index (χ1n) is 8.55. The number of nitrogens with zero attached hydrogens (tertiary/aromatic N) is 6. The van der Waals surface area contributed by atoms with Crippen molar-refractivity contribution in [2.75, 3.05) is 0 Å². The van der Waals surface area contributed by atoms with E-state index in [2.05, 4.69) is 25.7 Å². The lowest BCUT2D eigenvalue weighted by Gasteiger charge is -2.14. The fraction of sp³-hybridized carbons (Fsp3) is 0.278. The van der Waals surface area contributed by atoms with E-state index in [4.69, 9.17) is 4.52 Å². The van der Waals surface area contributed by atoms with Gasteiger partial charge in [-0.1, -0.05) is 5.16 Å². The summed E-state index contributed by atoms with van der Waals surface area (Å²) in [4.78, 5) is 17.5. The van der Waals surface area contributed by atoms with Crippen LogP contribution in [0.5, 0.6) is 0 Å². The molecule has 0 spiro atoms. The highest BCUT2D eigenvalue weighted by atomic mass is 16.5. The Morgan fingerprint density at radius 3 is 2.93 bits per heavy atom. The molecule has 1 atom stereocenters. The van der Waals surface area contributed by atoms with Gasteiger partial charge in [0, 0.05) is 37.2 Å².